The fourth-order valence-corrected chi connectivity index (χ4v) is 5.14. The van der Waals surface area contributed by atoms with E-state index in [-0.39, 0.29) is 36.5 Å². The van der Waals surface area contributed by atoms with Crippen molar-refractivity contribution >= 4 is 17.8 Å². The van der Waals surface area contributed by atoms with E-state index in [1.54, 1.807) is 24.6 Å². The largest absolute Gasteiger partial charge is 0.459 e. The Hall–Kier alpha value is -2.57. The van der Waals surface area contributed by atoms with E-state index in [0.717, 1.165) is 12.0 Å². The number of hydrogen-bond donors (Lipinski definition) is 4. The fourth-order valence-electron chi connectivity index (χ4n) is 5.14. The zero-order chi connectivity index (χ0) is 28.7. The number of epoxide rings is 1. The quantitative estimate of drug-likeness (QED) is 0.0796. The molecule has 0 bridgehead atoms. The van der Waals surface area contributed by atoms with E-state index in [0.29, 0.717) is 19.4 Å². The standard InChI is InChI=1S/C28H42N2O9/c1-16(7-10-24-27(34)28(15-36-28)14-21(39-24)13-26(33)30-35)6-9-23-17(2)12-22(19(4)38-23)29-25(32)11-8-18(3)37-20(5)31/h6-8,10-11,17-19,21-24,27,34-35H,9,12-15H2,1-5H3,(H,29,32)(H,30,33)/b10-7+,11-8-,16-6+/t17-,18-,19+,21+,22+,23-,24+,27+,28+/m0/s1. The highest BCUT2D eigenvalue weighted by atomic mass is 16.6. The van der Waals surface area contributed by atoms with Crippen LogP contribution in [0.1, 0.15) is 60.3 Å². The van der Waals surface area contributed by atoms with Gasteiger partial charge < -0.3 is 29.4 Å². The van der Waals surface area contributed by atoms with Gasteiger partial charge in [0.05, 0.1) is 37.4 Å². The Kier molecular flexibility index (Phi) is 10.9. The number of nitrogens with one attached hydrogen (secondary N) is 2. The molecule has 0 unspecified atom stereocenters. The summed E-state index contributed by atoms with van der Waals surface area (Å²) >= 11 is 0. The molecular weight excluding hydrogens is 508 g/mol. The van der Waals surface area contributed by atoms with Gasteiger partial charge in [0.15, 0.2) is 0 Å². The van der Waals surface area contributed by atoms with Gasteiger partial charge in [-0.2, -0.15) is 0 Å². The maximum Gasteiger partial charge on any atom is 0.303 e. The Morgan fingerprint density at radius 2 is 1.90 bits per heavy atom. The number of esters is 1. The third-order valence-electron chi connectivity index (χ3n) is 7.46. The van der Waals surface area contributed by atoms with E-state index in [2.05, 4.69) is 18.3 Å². The Balaban J connectivity index is 1.50. The van der Waals surface area contributed by atoms with Crippen LogP contribution >= 0.6 is 0 Å². The van der Waals surface area contributed by atoms with Crippen LogP contribution in [-0.2, 0) is 33.3 Å². The Morgan fingerprint density at radius 1 is 1.18 bits per heavy atom. The lowest BCUT2D eigenvalue weighted by molar-refractivity contribution is -0.149. The molecular formula is C28H42N2O9. The highest BCUT2D eigenvalue weighted by Gasteiger charge is 2.58. The van der Waals surface area contributed by atoms with E-state index in [4.69, 9.17) is 24.2 Å². The number of aliphatic hydroxyl groups is 1. The second-order valence-electron chi connectivity index (χ2n) is 10.9. The van der Waals surface area contributed by atoms with Crippen LogP contribution in [0.25, 0.3) is 0 Å². The highest BCUT2D eigenvalue weighted by Crippen LogP contribution is 2.43. The summed E-state index contributed by atoms with van der Waals surface area (Å²) in [6, 6.07) is -0.134. The van der Waals surface area contributed by atoms with Gasteiger partial charge in [-0.3, -0.25) is 19.6 Å². The minimum absolute atomic E-state index is 0.0166. The first-order valence-electron chi connectivity index (χ1n) is 13.5. The number of ether oxygens (including phenoxy) is 4. The summed E-state index contributed by atoms with van der Waals surface area (Å²) in [5.74, 6) is -1.00. The summed E-state index contributed by atoms with van der Waals surface area (Å²) < 4.78 is 22.7. The lowest BCUT2D eigenvalue weighted by Crippen LogP contribution is -2.50. The SMILES string of the molecule is CC(=O)O[C@@H](C)/C=C\C(=O)N[C@@H]1C[C@H](C)[C@H](C/C=C(C)/C=C/[C@H]2O[C@H](CC(=O)NO)C[C@@]3(CO3)[C@@H]2O)O[C@@H]1C. The molecule has 0 saturated carbocycles. The molecule has 0 aromatic carbocycles. The smallest absolute Gasteiger partial charge is 0.303 e. The van der Waals surface area contributed by atoms with E-state index in [9.17, 15) is 19.5 Å². The Morgan fingerprint density at radius 3 is 2.54 bits per heavy atom. The molecule has 3 aliphatic rings. The summed E-state index contributed by atoms with van der Waals surface area (Å²) in [6.07, 6.45) is 7.83. The van der Waals surface area contributed by atoms with E-state index >= 15 is 0 Å². The fraction of sp³-hybridized carbons (Fsp3) is 0.679. The van der Waals surface area contributed by atoms with Gasteiger partial charge in [0.25, 0.3) is 0 Å². The molecule has 0 aliphatic carbocycles. The van der Waals surface area contributed by atoms with Gasteiger partial charge in [-0.05, 0) is 45.6 Å². The second-order valence-corrected chi connectivity index (χ2v) is 10.9. The zero-order valence-corrected chi connectivity index (χ0v) is 23.3. The maximum atomic E-state index is 12.3. The molecule has 218 valence electrons. The Labute approximate surface area is 229 Å². The number of amides is 2. The van der Waals surface area contributed by atoms with Crippen molar-refractivity contribution in [3.8, 4) is 0 Å². The molecule has 3 aliphatic heterocycles. The van der Waals surface area contributed by atoms with Gasteiger partial charge >= 0.3 is 5.97 Å². The van der Waals surface area contributed by atoms with Gasteiger partial charge in [-0.15, -0.1) is 0 Å². The van der Waals surface area contributed by atoms with Crippen LogP contribution in [0.3, 0.4) is 0 Å². The zero-order valence-electron chi connectivity index (χ0n) is 23.3. The topological polar surface area (TPSA) is 156 Å². The average molecular weight is 551 g/mol. The van der Waals surface area contributed by atoms with Gasteiger partial charge in [0, 0.05) is 19.4 Å². The van der Waals surface area contributed by atoms with Crippen LogP contribution in [0.2, 0.25) is 0 Å². The molecule has 1 spiro atoms. The summed E-state index contributed by atoms with van der Waals surface area (Å²) in [6.45, 7) is 9.41. The maximum absolute atomic E-state index is 12.3. The first kappa shape index (κ1) is 31.0. The van der Waals surface area contributed by atoms with Gasteiger partial charge in [0.1, 0.15) is 23.9 Å². The number of aliphatic hydroxyl groups excluding tert-OH is 1. The molecule has 11 nitrogen and oxygen atoms in total. The highest BCUT2D eigenvalue weighted by molar-refractivity contribution is 5.87. The van der Waals surface area contributed by atoms with Crippen LogP contribution in [-0.4, -0.2) is 83.0 Å². The number of hydrogen-bond acceptors (Lipinski definition) is 9. The van der Waals surface area contributed by atoms with Crippen molar-refractivity contribution in [3.63, 3.8) is 0 Å². The number of rotatable bonds is 10. The normalized spacial score (nSPS) is 35.7. The van der Waals surface area contributed by atoms with Crippen molar-refractivity contribution in [2.75, 3.05) is 6.61 Å². The van der Waals surface area contributed by atoms with Crippen LogP contribution in [0.5, 0.6) is 0 Å². The molecule has 0 radical (unpaired) electrons. The molecule has 3 heterocycles. The molecule has 39 heavy (non-hydrogen) atoms. The number of hydroxylamine groups is 1. The second kappa shape index (κ2) is 13.7. The third-order valence-corrected chi connectivity index (χ3v) is 7.46. The lowest BCUT2D eigenvalue weighted by atomic mass is 9.87. The van der Waals surface area contributed by atoms with Crippen molar-refractivity contribution < 1.29 is 43.6 Å². The lowest BCUT2D eigenvalue weighted by Gasteiger charge is -2.39. The first-order chi connectivity index (χ1) is 18.4. The Bertz CT molecular complexity index is 974. The minimum atomic E-state index is -0.843. The molecule has 3 rings (SSSR count). The predicted molar refractivity (Wildman–Crippen MR) is 140 cm³/mol. The third kappa shape index (κ3) is 8.97. The summed E-state index contributed by atoms with van der Waals surface area (Å²) in [4.78, 5) is 34.9. The molecule has 3 fully saturated rings. The van der Waals surface area contributed by atoms with Crippen molar-refractivity contribution in [3.05, 3.63) is 36.0 Å². The van der Waals surface area contributed by atoms with Crippen LogP contribution < -0.4 is 10.8 Å². The van der Waals surface area contributed by atoms with E-state index < -0.39 is 41.9 Å². The monoisotopic (exact) mass is 550 g/mol. The number of carbonyl (C=O) groups excluding carboxylic acids is 3. The summed E-state index contributed by atoms with van der Waals surface area (Å²) in [7, 11) is 0. The van der Waals surface area contributed by atoms with Crippen LogP contribution in [0.4, 0.5) is 0 Å². The van der Waals surface area contributed by atoms with Crippen molar-refractivity contribution in [1.82, 2.24) is 10.8 Å². The summed E-state index contributed by atoms with van der Waals surface area (Å²) in [5, 5.41) is 22.5. The molecule has 11 heteroatoms. The first-order valence-corrected chi connectivity index (χ1v) is 13.5. The van der Waals surface area contributed by atoms with Gasteiger partial charge in [-0.1, -0.05) is 30.7 Å². The summed E-state index contributed by atoms with van der Waals surface area (Å²) in [5.41, 5.74) is 1.89. The minimum Gasteiger partial charge on any atom is -0.459 e. The number of allylic oxidation sites excluding steroid dienone is 2. The molecule has 3 saturated heterocycles. The van der Waals surface area contributed by atoms with Gasteiger partial charge in [0.2, 0.25) is 11.8 Å². The average Bonchev–Trinajstić information content (AvgIpc) is 3.64. The van der Waals surface area contributed by atoms with Crippen LogP contribution in [0, 0.1) is 5.92 Å². The van der Waals surface area contributed by atoms with Crippen LogP contribution in [0.15, 0.2) is 36.0 Å². The number of carbonyl (C=O) groups is 3. The van der Waals surface area contributed by atoms with E-state index in [1.165, 1.54) is 13.0 Å². The molecule has 9 atom stereocenters. The van der Waals surface area contributed by atoms with E-state index in [1.807, 2.05) is 19.9 Å². The van der Waals surface area contributed by atoms with Crippen molar-refractivity contribution in [2.24, 2.45) is 5.92 Å². The van der Waals surface area contributed by atoms with Crippen molar-refractivity contribution in [1.29, 1.82) is 0 Å². The molecule has 2 amide bonds. The predicted octanol–water partition coefficient (Wildman–Crippen LogP) is 1.87. The molecule has 0 aromatic rings. The van der Waals surface area contributed by atoms with Crippen molar-refractivity contribution in [2.45, 2.75) is 109 Å². The van der Waals surface area contributed by atoms with Gasteiger partial charge in [-0.25, -0.2) is 5.48 Å². The molecule has 4 N–H and O–H groups in total. The molecule has 0 aromatic heterocycles.